The van der Waals surface area contributed by atoms with E-state index in [1.54, 1.807) is 60.7 Å². The van der Waals surface area contributed by atoms with Crippen LogP contribution in [0.1, 0.15) is 44.7 Å². The number of halogens is 1. The molecule has 0 heterocycles. The second-order valence-corrected chi connectivity index (χ2v) is 12.1. The van der Waals surface area contributed by atoms with Crippen molar-refractivity contribution in [3.05, 3.63) is 88.9 Å². The number of carbonyl (C=O) groups is 2. The normalized spacial score (nSPS) is 12.7. The zero-order valence-corrected chi connectivity index (χ0v) is 25.7. The monoisotopic (exact) mass is 599 g/mol. The predicted molar refractivity (Wildman–Crippen MR) is 163 cm³/mol. The SMILES string of the molecule is CC[C@H](C(=O)N[C@@H](C)CC)N(Cc1ccccc1Cl)C(=O)CN(c1cc(C)ccc1OC)S(=O)(=O)c1ccccc1. The van der Waals surface area contributed by atoms with Crippen molar-refractivity contribution in [2.45, 2.75) is 64.1 Å². The third-order valence-corrected chi connectivity index (χ3v) is 9.04. The molecule has 0 fully saturated rings. The van der Waals surface area contributed by atoms with Crippen molar-refractivity contribution in [3.63, 3.8) is 0 Å². The molecule has 0 saturated carbocycles. The van der Waals surface area contributed by atoms with Crippen LogP contribution in [0.3, 0.4) is 0 Å². The first-order valence-electron chi connectivity index (χ1n) is 13.6. The van der Waals surface area contributed by atoms with Gasteiger partial charge in [-0.15, -0.1) is 0 Å². The Morgan fingerprint density at radius 3 is 2.24 bits per heavy atom. The standard InChI is InChI=1S/C31H38ClN3O5S/c1-6-23(4)33-31(37)27(7-2)34(20-24-13-11-12-16-26(24)32)30(36)21-35(28-19-22(3)17-18-29(28)40-5)41(38,39)25-14-9-8-10-15-25/h8-19,23,27H,6-7,20-21H2,1-5H3,(H,33,37)/t23-,27+/m0/s1. The summed E-state index contributed by atoms with van der Waals surface area (Å²) in [5.74, 6) is -0.575. The van der Waals surface area contributed by atoms with Gasteiger partial charge in [0.05, 0.1) is 17.7 Å². The Labute approximate surface area is 248 Å². The lowest BCUT2D eigenvalue weighted by molar-refractivity contribution is -0.140. The highest BCUT2D eigenvalue weighted by Gasteiger charge is 2.35. The molecule has 0 aromatic heterocycles. The fourth-order valence-corrected chi connectivity index (χ4v) is 6.03. The summed E-state index contributed by atoms with van der Waals surface area (Å²) < 4.78 is 34.6. The molecule has 8 nitrogen and oxygen atoms in total. The van der Waals surface area contributed by atoms with Crippen LogP contribution in [-0.2, 0) is 26.2 Å². The maximum atomic E-state index is 14.2. The number of anilines is 1. The van der Waals surface area contributed by atoms with Crippen LogP contribution in [0.2, 0.25) is 5.02 Å². The molecule has 0 unspecified atom stereocenters. The fourth-order valence-electron chi connectivity index (χ4n) is 4.40. The highest BCUT2D eigenvalue weighted by molar-refractivity contribution is 7.92. The average Bonchev–Trinajstić information content (AvgIpc) is 2.96. The van der Waals surface area contributed by atoms with Crippen LogP contribution in [0, 0.1) is 6.92 Å². The summed E-state index contributed by atoms with van der Waals surface area (Å²) >= 11 is 6.46. The van der Waals surface area contributed by atoms with E-state index in [1.165, 1.54) is 24.1 Å². The highest BCUT2D eigenvalue weighted by Crippen LogP contribution is 2.34. The number of amides is 2. The minimum atomic E-state index is -4.21. The molecule has 0 aliphatic heterocycles. The Bertz CT molecular complexity index is 1450. The minimum absolute atomic E-state index is 0.0229. The summed E-state index contributed by atoms with van der Waals surface area (Å²) in [5.41, 5.74) is 1.65. The van der Waals surface area contributed by atoms with Gasteiger partial charge in [0.15, 0.2) is 0 Å². The molecule has 2 atom stereocenters. The third-order valence-electron chi connectivity index (χ3n) is 6.90. The number of nitrogens with one attached hydrogen (secondary N) is 1. The number of carbonyl (C=O) groups excluding carboxylic acids is 2. The van der Waals surface area contributed by atoms with Crippen molar-refractivity contribution in [1.82, 2.24) is 10.2 Å². The molecule has 220 valence electrons. The topological polar surface area (TPSA) is 96.0 Å². The first kappa shape index (κ1) is 32.0. The summed E-state index contributed by atoms with van der Waals surface area (Å²) in [7, 11) is -2.77. The quantitative estimate of drug-likeness (QED) is 0.277. The van der Waals surface area contributed by atoms with Gasteiger partial charge in [-0.05, 0) is 68.1 Å². The molecule has 1 N–H and O–H groups in total. The number of ether oxygens (including phenoxy) is 1. The van der Waals surface area contributed by atoms with Gasteiger partial charge in [-0.25, -0.2) is 8.42 Å². The van der Waals surface area contributed by atoms with Crippen molar-refractivity contribution in [2.24, 2.45) is 0 Å². The molecule has 2 amide bonds. The molecular formula is C31H38ClN3O5S. The molecule has 0 spiro atoms. The van der Waals surface area contributed by atoms with Gasteiger partial charge in [0, 0.05) is 17.6 Å². The second kappa shape index (κ2) is 14.4. The van der Waals surface area contributed by atoms with Crippen molar-refractivity contribution in [3.8, 4) is 5.75 Å². The van der Waals surface area contributed by atoms with Crippen LogP contribution >= 0.6 is 11.6 Å². The van der Waals surface area contributed by atoms with Crippen molar-refractivity contribution >= 4 is 39.1 Å². The molecule has 0 aliphatic carbocycles. The number of nitrogens with zero attached hydrogens (tertiary/aromatic N) is 2. The summed E-state index contributed by atoms with van der Waals surface area (Å²) in [6, 6.07) is 19.2. The largest absolute Gasteiger partial charge is 0.495 e. The van der Waals surface area contributed by atoms with E-state index in [0.29, 0.717) is 22.8 Å². The molecule has 0 saturated heterocycles. The number of methoxy groups -OCH3 is 1. The van der Waals surface area contributed by atoms with Crippen LogP contribution in [-0.4, -0.2) is 50.9 Å². The lowest BCUT2D eigenvalue weighted by Gasteiger charge is -2.34. The lowest BCUT2D eigenvalue weighted by Crippen LogP contribution is -2.53. The minimum Gasteiger partial charge on any atom is -0.495 e. The van der Waals surface area contributed by atoms with Gasteiger partial charge in [-0.1, -0.05) is 67.9 Å². The van der Waals surface area contributed by atoms with Gasteiger partial charge in [0.25, 0.3) is 10.0 Å². The van der Waals surface area contributed by atoms with Gasteiger partial charge in [0.1, 0.15) is 18.3 Å². The highest BCUT2D eigenvalue weighted by atomic mass is 35.5. The van der Waals surface area contributed by atoms with Gasteiger partial charge in [-0.3, -0.25) is 13.9 Å². The molecule has 10 heteroatoms. The van der Waals surface area contributed by atoms with Crippen LogP contribution in [0.15, 0.2) is 77.7 Å². The van der Waals surface area contributed by atoms with Gasteiger partial charge >= 0.3 is 0 Å². The zero-order valence-electron chi connectivity index (χ0n) is 24.1. The van der Waals surface area contributed by atoms with E-state index in [-0.39, 0.29) is 29.1 Å². The molecule has 0 aliphatic rings. The first-order chi connectivity index (χ1) is 19.5. The van der Waals surface area contributed by atoms with Crippen molar-refractivity contribution in [2.75, 3.05) is 18.0 Å². The van der Waals surface area contributed by atoms with E-state index < -0.39 is 28.5 Å². The number of rotatable bonds is 13. The van der Waals surface area contributed by atoms with E-state index in [0.717, 1.165) is 16.3 Å². The van der Waals surface area contributed by atoms with E-state index in [4.69, 9.17) is 16.3 Å². The summed E-state index contributed by atoms with van der Waals surface area (Å²) in [6.07, 6.45) is 1.04. The Morgan fingerprint density at radius 2 is 1.63 bits per heavy atom. The van der Waals surface area contributed by atoms with E-state index in [9.17, 15) is 18.0 Å². The maximum absolute atomic E-state index is 14.2. The van der Waals surface area contributed by atoms with Crippen molar-refractivity contribution in [1.29, 1.82) is 0 Å². The number of sulfonamides is 1. The summed E-state index contributed by atoms with van der Waals surface area (Å²) in [5, 5.41) is 3.41. The second-order valence-electron chi connectivity index (χ2n) is 9.86. The molecular weight excluding hydrogens is 562 g/mol. The molecule has 3 rings (SSSR count). The smallest absolute Gasteiger partial charge is 0.264 e. The van der Waals surface area contributed by atoms with Crippen molar-refractivity contribution < 1.29 is 22.7 Å². The number of hydrogen-bond donors (Lipinski definition) is 1. The molecule has 41 heavy (non-hydrogen) atoms. The lowest BCUT2D eigenvalue weighted by atomic mass is 10.1. The summed E-state index contributed by atoms with van der Waals surface area (Å²) in [4.78, 5) is 29.1. The van der Waals surface area contributed by atoms with Crippen LogP contribution < -0.4 is 14.4 Å². The van der Waals surface area contributed by atoms with E-state index in [2.05, 4.69) is 5.32 Å². The number of benzene rings is 3. The Morgan fingerprint density at radius 1 is 0.976 bits per heavy atom. The number of aryl methyl sites for hydroxylation is 1. The number of hydrogen-bond acceptors (Lipinski definition) is 5. The Kier molecular flexibility index (Phi) is 11.2. The van der Waals surface area contributed by atoms with Gasteiger partial charge < -0.3 is 15.0 Å². The molecule has 3 aromatic rings. The average molecular weight is 600 g/mol. The maximum Gasteiger partial charge on any atom is 0.264 e. The van der Waals surface area contributed by atoms with E-state index in [1.807, 2.05) is 27.7 Å². The predicted octanol–water partition coefficient (Wildman–Crippen LogP) is 5.57. The van der Waals surface area contributed by atoms with Crippen LogP contribution in [0.25, 0.3) is 0 Å². The molecule has 0 radical (unpaired) electrons. The van der Waals surface area contributed by atoms with Crippen LogP contribution in [0.5, 0.6) is 5.75 Å². The fraction of sp³-hybridized carbons (Fsp3) is 0.355. The van der Waals surface area contributed by atoms with Crippen LogP contribution in [0.4, 0.5) is 5.69 Å². The van der Waals surface area contributed by atoms with Gasteiger partial charge in [-0.2, -0.15) is 0 Å². The summed E-state index contributed by atoms with van der Waals surface area (Å²) in [6.45, 7) is 6.96. The van der Waals surface area contributed by atoms with Gasteiger partial charge in [0.2, 0.25) is 11.8 Å². The molecule has 3 aromatic carbocycles. The molecule has 0 bridgehead atoms. The first-order valence-corrected chi connectivity index (χ1v) is 15.4. The van der Waals surface area contributed by atoms with E-state index >= 15 is 0 Å². The zero-order chi connectivity index (χ0) is 30.2. The Hall–Kier alpha value is -3.56. The third kappa shape index (κ3) is 7.80. The Balaban J connectivity index is 2.13.